The van der Waals surface area contributed by atoms with Gasteiger partial charge < -0.3 is 0 Å². The SMILES string of the molecule is C[Si](C)=[Hf+2].Cc1cc2c(-c3cc(C(F)(F)F)cc(C(F)(F)F)c3)cccc2[cH-]1.Cc1cc2c(-c3cc(C(F)(F)F)cc(C(F)(F)F)c3)cccc2[cH-]1. The van der Waals surface area contributed by atoms with E-state index in [1.165, 1.54) is 35.1 Å². The van der Waals surface area contributed by atoms with Crippen LogP contribution in [0.2, 0.25) is 13.1 Å². The second-order valence-corrected chi connectivity index (χ2v) is 25.0. The monoisotopic (exact) mass is 920 g/mol. The van der Waals surface area contributed by atoms with Crippen molar-refractivity contribution in [2.45, 2.75) is 51.6 Å². The van der Waals surface area contributed by atoms with E-state index >= 15 is 0 Å². The average Bonchev–Trinajstić information content (AvgIpc) is 3.59. The van der Waals surface area contributed by atoms with Gasteiger partial charge in [-0.15, -0.1) is 69.1 Å². The van der Waals surface area contributed by atoms with Gasteiger partial charge in [-0.3, -0.25) is 0 Å². The van der Waals surface area contributed by atoms with Crippen molar-refractivity contribution in [2.75, 3.05) is 0 Å². The summed E-state index contributed by atoms with van der Waals surface area (Å²) in [6, 6.07) is 20.3. The van der Waals surface area contributed by atoms with Crippen molar-refractivity contribution in [1.29, 1.82) is 0 Å². The standard InChI is InChI=1S/2C18H11F6.C2H6Si.Hf/c2*1-10-5-11-3-2-4-15(16(11)6-10)12-7-13(17(19,20)21)9-14(8-12)18(22,23)24;1-3-2;/h2*2-9H,1H3;1-2H3;/q2*-1;;+2. The average molecular weight is 919 g/mol. The van der Waals surface area contributed by atoms with Crippen molar-refractivity contribution in [2.24, 2.45) is 0 Å². The summed E-state index contributed by atoms with van der Waals surface area (Å²) in [6.45, 7) is 8.29. The first-order chi connectivity index (χ1) is 23.8. The summed E-state index contributed by atoms with van der Waals surface area (Å²) in [5.41, 5.74) is -2.73. The Kier molecular flexibility index (Phi) is 12.1. The summed E-state index contributed by atoms with van der Waals surface area (Å²) in [4.78, 5) is 0. The third-order valence-corrected chi connectivity index (χ3v) is 7.59. The Balaban J connectivity index is 0.000000211. The molecular formula is C38H28F12HfSi. The summed E-state index contributed by atoms with van der Waals surface area (Å²) >= 11 is 1.45. The topological polar surface area (TPSA) is 0 Å². The molecule has 6 aromatic carbocycles. The molecule has 0 spiro atoms. The molecule has 0 bridgehead atoms. The number of rotatable bonds is 2. The van der Waals surface area contributed by atoms with Gasteiger partial charge in [-0.05, 0) is 47.5 Å². The Morgan fingerprint density at radius 1 is 0.462 bits per heavy atom. The number of benzene rings is 4. The molecule has 0 aromatic heterocycles. The van der Waals surface area contributed by atoms with Crippen LogP contribution in [0, 0.1) is 13.8 Å². The minimum atomic E-state index is -4.86. The summed E-state index contributed by atoms with van der Waals surface area (Å²) in [6.07, 6.45) is -19.4. The molecule has 272 valence electrons. The molecule has 0 radical (unpaired) electrons. The molecule has 0 N–H and O–H groups in total. The predicted octanol–water partition coefficient (Wildman–Crippen LogP) is 13.9. The second kappa shape index (κ2) is 15.4. The van der Waals surface area contributed by atoms with Crippen LogP contribution in [0.5, 0.6) is 0 Å². The Bertz CT molecular complexity index is 1990. The van der Waals surface area contributed by atoms with E-state index in [1.807, 2.05) is 26.0 Å². The Labute approximate surface area is 305 Å². The normalized spacial score (nSPS) is 12.3. The van der Waals surface area contributed by atoms with Gasteiger partial charge in [0.1, 0.15) is 0 Å². The van der Waals surface area contributed by atoms with Crippen LogP contribution < -0.4 is 0 Å². The predicted molar refractivity (Wildman–Crippen MR) is 177 cm³/mol. The molecule has 0 fully saturated rings. The molecule has 0 atom stereocenters. The molecule has 52 heavy (non-hydrogen) atoms. The minimum absolute atomic E-state index is 0.103. The van der Waals surface area contributed by atoms with Crippen LogP contribution in [0.3, 0.4) is 0 Å². The second-order valence-electron chi connectivity index (χ2n) is 12.3. The number of hydrogen-bond donors (Lipinski definition) is 0. The van der Waals surface area contributed by atoms with Crippen molar-refractivity contribution in [1.82, 2.24) is 0 Å². The summed E-state index contributed by atoms with van der Waals surface area (Å²) in [7, 11) is 0. The van der Waals surface area contributed by atoms with Crippen LogP contribution in [0.15, 0.2) is 97.1 Å². The zero-order chi connectivity index (χ0) is 39.0. The van der Waals surface area contributed by atoms with Crippen molar-refractivity contribution in [3.05, 3.63) is 130 Å². The van der Waals surface area contributed by atoms with Gasteiger partial charge in [-0.25, -0.2) is 0 Å². The van der Waals surface area contributed by atoms with E-state index < -0.39 is 47.0 Å². The maximum atomic E-state index is 13.0. The van der Waals surface area contributed by atoms with Crippen molar-refractivity contribution >= 4 is 27.0 Å². The van der Waals surface area contributed by atoms with E-state index in [0.29, 0.717) is 21.9 Å². The molecular weight excluding hydrogens is 891 g/mol. The van der Waals surface area contributed by atoms with Gasteiger partial charge in [0.05, 0.1) is 22.3 Å². The van der Waals surface area contributed by atoms with Gasteiger partial charge in [0.15, 0.2) is 0 Å². The van der Waals surface area contributed by atoms with Crippen LogP contribution in [0.4, 0.5) is 52.7 Å². The van der Waals surface area contributed by atoms with Crippen LogP contribution in [0.1, 0.15) is 33.4 Å². The zero-order valence-corrected chi connectivity index (χ0v) is 32.4. The van der Waals surface area contributed by atoms with Gasteiger partial charge in [0.25, 0.3) is 0 Å². The zero-order valence-electron chi connectivity index (χ0n) is 27.8. The van der Waals surface area contributed by atoms with Crippen LogP contribution in [-0.4, -0.2) is 5.49 Å². The van der Waals surface area contributed by atoms with Crippen LogP contribution >= 0.6 is 0 Å². The Hall–Kier alpha value is -3.65. The maximum Gasteiger partial charge on any atom is 0.416 e. The van der Waals surface area contributed by atoms with Gasteiger partial charge in [-0.2, -0.15) is 64.8 Å². The molecule has 0 aliphatic carbocycles. The molecule has 0 nitrogen and oxygen atoms in total. The van der Waals surface area contributed by atoms with Crippen molar-refractivity contribution in [3.8, 4) is 22.3 Å². The van der Waals surface area contributed by atoms with Gasteiger partial charge in [-0.1, -0.05) is 37.1 Å². The van der Waals surface area contributed by atoms with E-state index in [9.17, 15) is 52.7 Å². The summed E-state index contributed by atoms with van der Waals surface area (Å²) < 4.78 is 156. The maximum absolute atomic E-state index is 13.0. The van der Waals surface area contributed by atoms with E-state index in [4.69, 9.17) is 0 Å². The molecule has 14 heteroatoms. The van der Waals surface area contributed by atoms with Crippen molar-refractivity contribution in [3.63, 3.8) is 0 Å². The number of hydrogen-bond acceptors (Lipinski definition) is 0. The van der Waals surface area contributed by atoms with Gasteiger partial charge >= 0.3 is 66.3 Å². The minimum Gasteiger partial charge on any atom is -0.166 e. The molecule has 0 aliphatic rings. The summed E-state index contributed by atoms with van der Waals surface area (Å²) in [5, 5.41) is 2.80. The molecule has 0 amide bonds. The molecule has 0 unspecified atom stereocenters. The number of alkyl halides is 12. The first-order valence-corrected chi connectivity index (χ1v) is 23.2. The van der Waals surface area contributed by atoms with Crippen molar-refractivity contribution < 1.29 is 75.7 Å². The van der Waals surface area contributed by atoms with Crippen LogP contribution in [0.25, 0.3) is 43.8 Å². The summed E-state index contributed by atoms with van der Waals surface area (Å²) in [5.74, 6) is 0. The van der Waals surface area contributed by atoms with E-state index in [-0.39, 0.29) is 28.8 Å². The van der Waals surface area contributed by atoms with Gasteiger partial charge in [0.2, 0.25) is 0 Å². The smallest absolute Gasteiger partial charge is 0.166 e. The first kappa shape index (κ1) is 41.1. The van der Waals surface area contributed by atoms with E-state index in [1.54, 1.807) is 36.4 Å². The fourth-order valence-corrected chi connectivity index (χ4v) is 5.49. The fraction of sp³-hybridized carbons (Fsp3) is 0.211. The molecule has 6 rings (SSSR count). The number of aryl methyl sites for hydroxylation is 2. The van der Waals surface area contributed by atoms with E-state index in [0.717, 1.165) is 46.2 Å². The number of fused-ring (bicyclic) bond motifs is 2. The first-order valence-electron chi connectivity index (χ1n) is 15.3. The largest absolute Gasteiger partial charge is 0.416 e. The van der Waals surface area contributed by atoms with Gasteiger partial charge in [0, 0.05) is 0 Å². The Morgan fingerprint density at radius 2 is 0.731 bits per heavy atom. The van der Waals surface area contributed by atoms with E-state index in [2.05, 4.69) is 13.1 Å². The molecule has 0 saturated heterocycles. The fourth-order valence-electron chi connectivity index (χ4n) is 5.49. The molecule has 0 saturated carbocycles. The molecule has 0 heterocycles. The molecule has 0 aliphatic heterocycles. The number of halogens is 12. The molecule has 6 aromatic rings. The Morgan fingerprint density at radius 3 is 0.981 bits per heavy atom. The third-order valence-electron chi connectivity index (χ3n) is 7.59. The quantitative estimate of drug-likeness (QED) is 0.0922. The van der Waals surface area contributed by atoms with Crippen LogP contribution in [-0.2, 0) is 47.7 Å². The third kappa shape index (κ3) is 10.3.